The normalized spacial score (nSPS) is 10.8. The summed E-state index contributed by atoms with van der Waals surface area (Å²) in [7, 11) is 4.02. The second-order valence-electron chi connectivity index (χ2n) is 4.37. The molecule has 0 aromatic heterocycles. The van der Waals surface area contributed by atoms with Crippen LogP contribution in [0.2, 0.25) is 0 Å². The van der Waals surface area contributed by atoms with Crippen molar-refractivity contribution in [2.75, 3.05) is 14.1 Å². The van der Waals surface area contributed by atoms with Crippen LogP contribution in [0.25, 0.3) is 11.1 Å². The molecule has 0 heterocycles. The summed E-state index contributed by atoms with van der Waals surface area (Å²) < 4.78 is 13.8. The highest BCUT2D eigenvalue weighted by Crippen LogP contribution is 2.26. The number of benzene rings is 2. The lowest BCUT2D eigenvalue weighted by Crippen LogP contribution is -2.11. The summed E-state index contributed by atoms with van der Waals surface area (Å²) in [5, 5.41) is 0. The van der Waals surface area contributed by atoms with E-state index in [2.05, 4.69) is 4.90 Å². The van der Waals surface area contributed by atoms with Gasteiger partial charge >= 0.3 is 0 Å². The molecule has 0 saturated carbocycles. The Labute approximate surface area is 102 Å². The van der Waals surface area contributed by atoms with E-state index in [1.54, 1.807) is 6.07 Å². The zero-order valence-electron chi connectivity index (χ0n) is 10.2. The second-order valence-corrected chi connectivity index (χ2v) is 4.37. The Hall–Kier alpha value is -1.67. The minimum atomic E-state index is -0.168. The van der Waals surface area contributed by atoms with Crippen molar-refractivity contribution in [1.29, 1.82) is 0 Å². The summed E-state index contributed by atoms with van der Waals surface area (Å²) in [5.41, 5.74) is 2.78. The average molecular weight is 229 g/mol. The number of hydrogen-bond donors (Lipinski definition) is 0. The Bertz CT molecular complexity index is 506. The van der Waals surface area contributed by atoms with Crippen LogP contribution in [-0.4, -0.2) is 19.0 Å². The molecule has 0 fully saturated rings. The highest BCUT2D eigenvalue weighted by molar-refractivity contribution is 5.67. The van der Waals surface area contributed by atoms with Gasteiger partial charge in [-0.1, -0.05) is 42.5 Å². The lowest BCUT2D eigenvalue weighted by atomic mass is 9.99. The summed E-state index contributed by atoms with van der Waals surface area (Å²) in [6.45, 7) is 0.810. The molecule has 0 amide bonds. The summed E-state index contributed by atoms with van der Waals surface area (Å²) in [6.07, 6.45) is 0. The van der Waals surface area contributed by atoms with Crippen LogP contribution in [0.5, 0.6) is 0 Å². The minimum Gasteiger partial charge on any atom is -0.305 e. The number of rotatable bonds is 3. The van der Waals surface area contributed by atoms with Gasteiger partial charge in [0.15, 0.2) is 0 Å². The molecule has 2 aromatic carbocycles. The molecule has 0 aliphatic rings. The van der Waals surface area contributed by atoms with Crippen molar-refractivity contribution in [2.45, 2.75) is 6.54 Å². The molecule has 0 atom stereocenters. The van der Waals surface area contributed by atoms with E-state index in [1.807, 2.05) is 50.5 Å². The molecule has 0 aliphatic heterocycles. The Kier molecular flexibility index (Phi) is 3.55. The van der Waals surface area contributed by atoms with Crippen LogP contribution in [0.3, 0.4) is 0 Å². The summed E-state index contributed by atoms with van der Waals surface area (Å²) in [5.74, 6) is -0.168. The van der Waals surface area contributed by atoms with Crippen molar-refractivity contribution in [2.24, 2.45) is 0 Å². The lowest BCUT2D eigenvalue weighted by Gasteiger charge is -2.14. The maximum absolute atomic E-state index is 13.8. The monoisotopic (exact) mass is 229 g/mol. The third-order valence-electron chi connectivity index (χ3n) is 2.67. The van der Waals surface area contributed by atoms with Crippen molar-refractivity contribution < 1.29 is 4.39 Å². The number of hydrogen-bond acceptors (Lipinski definition) is 1. The fourth-order valence-electron chi connectivity index (χ4n) is 1.94. The van der Waals surface area contributed by atoms with E-state index in [9.17, 15) is 4.39 Å². The van der Waals surface area contributed by atoms with E-state index in [0.717, 1.165) is 17.7 Å². The second kappa shape index (κ2) is 5.11. The standard InChI is InChI=1S/C15H16FN/c1-17(2)11-12-7-3-4-8-13(12)14-9-5-6-10-15(14)16/h3-10H,11H2,1-2H3. The van der Waals surface area contributed by atoms with E-state index in [-0.39, 0.29) is 5.82 Å². The maximum atomic E-state index is 13.8. The summed E-state index contributed by atoms with van der Waals surface area (Å²) in [6, 6.07) is 14.9. The smallest absolute Gasteiger partial charge is 0.131 e. The molecule has 1 nitrogen and oxygen atoms in total. The Morgan fingerprint density at radius 1 is 0.882 bits per heavy atom. The van der Waals surface area contributed by atoms with Crippen LogP contribution < -0.4 is 0 Å². The van der Waals surface area contributed by atoms with Gasteiger partial charge in [-0.05, 0) is 31.3 Å². The average Bonchev–Trinajstić information content (AvgIpc) is 2.30. The molecule has 88 valence electrons. The van der Waals surface area contributed by atoms with Crippen molar-refractivity contribution in [3.63, 3.8) is 0 Å². The fraction of sp³-hybridized carbons (Fsp3) is 0.200. The van der Waals surface area contributed by atoms with Gasteiger partial charge in [-0.15, -0.1) is 0 Å². The van der Waals surface area contributed by atoms with E-state index in [0.29, 0.717) is 5.56 Å². The molecule has 2 aromatic rings. The molecule has 0 radical (unpaired) electrons. The van der Waals surface area contributed by atoms with Gasteiger partial charge in [-0.25, -0.2) is 4.39 Å². The summed E-state index contributed by atoms with van der Waals surface area (Å²) >= 11 is 0. The predicted octanol–water partition coefficient (Wildman–Crippen LogP) is 3.55. The SMILES string of the molecule is CN(C)Cc1ccccc1-c1ccccc1F. The highest BCUT2D eigenvalue weighted by atomic mass is 19.1. The third-order valence-corrected chi connectivity index (χ3v) is 2.67. The van der Waals surface area contributed by atoms with Crippen molar-refractivity contribution in [1.82, 2.24) is 4.90 Å². The first-order chi connectivity index (χ1) is 8.18. The molecule has 0 bridgehead atoms. The fourth-order valence-corrected chi connectivity index (χ4v) is 1.94. The first-order valence-corrected chi connectivity index (χ1v) is 5.66. The van der Waals surface area contributed by atoms with Gasteiger partial charge in [0.1, 0.15) is 5.82 Å². The Balaban J connectivity index is 2.48. The first-order valence-electron chi connectivity index (χ1n) is 5.66. The van der Waals surface area contributed by atoms with Crippen molar-refractivity contribution in [3.8, 4) is 11.1 Å². The molecule has 0 aliphatic carbocycles. The molecular formula is C15H16FN. The van der Waals surface area contributed by atoms with Gasteiger partial charge < -0.3 is 4.90 Å². The quantitative estimate of drug-likeness (QED) is 0.778. The molecule has 17 heavy (non-hydrogen) atoms. The number of halogens is 1. The zero-order valence-corrected chi connectivity index (χ0v) is 10.2. The summed E-state index contributed by atoms with van der Waals surface area (Å²) in [4.78, 5) is 2.08. The largest absolute Gasteiger partial charge is 0.305 e. The van der Waals surface area contributed by atoms with Crippen LogP contribution in [0.15, 0.2) is 48.5 Å². The van der Waals surface area contributed by atoms with E-state index < -0.39 is 0 Å². The maximum Gasteiger partial charge on any atom is 0.131 e. The van der Waals surface area contributed by atoms with E-state index in [1.165, 1.54) is 6.07 Å². The van der Waals surface area contributed by atoms with Crippen LogP contribution in [0.4, 0.5) is 4.39 Å². The van der Waals surface area contributed by atoms with Gasteiger partial charge in [0, 0.05) is 12.1 Å². The molecule has 0 spiro atoms. The van der Waals surface area contributed by atoms with Crippen LogP contribution in [0, 0.1) is 5.82 Å². The van der Waals surface area contributed by atoms with Crippen molar-refractivity contribution in [3.05, 3.63) is 59.9 Å². The lowest BCUT2D eigenvalue weighted by molar-refractivity contribution is 0.403. The molecule has 0 N–H and O–H groups in total. The van der Waals surface area contributed by atoms with Gasteiger partial charge in [-0.2, -0.15) is 0 Å². The van der Waals surface area contributed by atoms with Gasteiger partial charge in [-0.3, -0.25) is 0 Å². The van der Waals surface area contributed by atoms with Crippen LogP contribution in [-0.2, 0) is 6.54 Å². The van der Waals surface area contributed by atoms with E-state index >= 15 is 0 Å². The first kappa shape index (κ1) is 11.8. The molecule has 0 unspecified atom stereocenters. The highest BCUT2D eigenvalue weighted by Gasteiger charge is 2.08. The van der Waals surface area contributed by atoms with E-state index in [4.69, 9.17) is 0 Å². The molecule has 2 heteroatoms. The van der Waals surface area contributed by atoms with Gasteiger partial charge in [0.25, 0.3) is 0 Å². The number of nitrogens with zero attached hydrogens (tertiary/aromatic N) is 1. The molecular weight excluding hydrogens is 213 g/mol. The topological polar surface area (TPSA) is 3.24 Å². The van der Waals surface area contributed by atoms with Gasteiger partial charge in [0.05, 0.1) is 0 Å². The Morgan fingerprint density at radius 2 is 1.47 bits per heavy atom. The molecule has 0 saturated heterocycles. The third kappa shape index (κ3) is 2.71. The predicted molar refractivity (Wildman–Crippen MR) is 69.2 cm³/mol. The van der Waals surface area contributed by atoms with Crippen LogP contribution >= 0.6 is 0 Å². The van der Waals surface area contributed by atoms with Crippen LogP contribution in [0.1, 0.15) is 5.56 Å². The molecule has 2 rings (SSSR count). The Morgan fingerprint density at radius 3 is 2.12 bits per heavy atom. The minimum absolute atomic E-state index is 0.168. The zero-order chi connectivity index (χ0) is 12.3. The van der Waals surface area contributed by atoms with Crippen molar-refractivity contribution >= 4 is 0 Å². The van der Waals surface area contributed by atoms with Gasteiger partial charge in [0.2, 0.25) is 0 Å².